The molecule has 1 heterocycles. The first-order chi connectivity index (χ1) is 11.0. The molecule has 1 fully saturated rings. The largest absolute Gasteiger partial charge is 0.466 e. The Kier molecular flexibility index (Phi) is 6.39. The molecule has 0 atom stereocenters. The zero-order valence-electron chi connectivity index (χ0n) is 14.2. The lowest BCUT2D eigenvalue weighted by Crippen LogP contribution is -2.42. The molecule has 126 valence electrons. The third-order valence-electron chi connectivity index (χ3n) is 4.23. The first kappa shape index (κ1) is 17.7. The molecule has 1 aliphatic heterocycles. The van der Waals surface area contributed by atoms with Gasteiger partial charge in [0.1, 0.15) is 0 Å². The van der Waals surface area contributed by atoms with Gasteiger partial charge in [0.15, 0.2) is 5.11 Å². The number of benzene rings is 1. The number of piperidine rings is 1. The zero-order valence-corrected chi connectivity index (χ0v) is 15.0. The fraction of sp³-hybridized carbons (Fsp3) is 0.556. The van der Waals surface area contributed by atoms with Gasteiger partial charge in [-0.25, -0.2) is 0 Å². The van der Waals surface area contributed by atoms with E-state index in [1.54, 1.807) is 0 Å². The molecule has 2 rings (SSSR count). The van der Waals surface area contributed by atoms with Crippen molar-refractivity contribution in [1.82, 2.24) is 4.90 Å². The van der Waals surface area contributed by atoms with Crippen LogP contribution in [0.25, 0.3) is 0 Å². The summed E-state index contributed by atoms with van der Waals surface area (Å²) in [5.74, 6) is 0.465. The molecule has 0 saturated carbocycles. The van der Waals surface area contributed by atoms with Crippen LogP contribution in [0, 0.1) is 5.92 Å². The van der Waals surface area contributed by atoms with Crippen molar-refractivity contribution in [3.05, 3.63) is 29.8 Å². The van der Waals surface area contributed by atoms with Gasteiger partial charge in [0.25, 0.3) is 0 Å². The molecule has 0 amide bonds. The van der Waals surface area contributed by atoms with Crippen LogP contribution in [0.1, 0.15) is 45.1 Å². The Balaban J connectivity index is 1.84. The summed E-state index contributed by atoms with van der Waals surface area (Å²) in [6.07, 6.45) is 1.60. The number of hydrogen-bond donors (Lipinski definition) is 1. The van der Waals surface area contributed by atoms with Gasteiger partial charge in [-0.3, -0.25) is 4.79 Å². The number of rotatable bonds is 4. The normalized spacial score (nSPS) is 15.6. The third-order valence-corrected chi connectivity index (χ3v) is 4.59. The van der Waals surface area contributed by atoms with Gasteiger partial charge < -0.3 is 15.0 Å². The Hall–Kier alpha value is -1.62. The number of carbonyl (C=O) groups excluding carboxylic acids is 1. The molecule has 0 unspecified atom stereocenters. The summed E-state index contributed by atoms with van der Waals surface area (Å²) < 4.78 is 5.10. The second kappa shape index (κ2) is 8.29. The van der Waals surface area contributed by atoms with Crippen molar-refractivity contribution in [3.8, 4) is 0 Å². The number of esters is 1. The van der Waals surface area contributed by atoms with Crippen LogP contribution in [-0.4, -0.2) is 35.7 Å². The maximum atomic E-state index is 11.8. The highest BCUT2D eigenvalue weighted by Crippen LogP contribution is 2.21. The third kappa shape index (κ3) is 4.93. The maximum Gasteiger partial charge on any atom is 0.309 e. The Bertz CT molecular complexity index is 534. The fourth-order valence-corrected chi connectivity index (χ4v) is 3.03. The van der Waals surface area contributed by atoms with Crippen molar-refractivity contribution in [2.75, 3.05) is 25.0 Å². The fourth-order valence-electron chi connectivity index (χ4n) is 2.73. The molecule has 0 radical (unpaired) electrons. The molecule has 1 N–H and O–H groups in total. The summed E-state index contributed by atoms with van der Waals surface area (Å²) in [7, 11) is 0. The van der Waals surface area contributed by atoms with Crippen molar-refractivity contribution in [2.24, 2.45) is 5.92 Å². The molecule has 0 spiro atoms. The average Bonchev–Trinajstić information content (AvgIpc) is 2.55. The second-order valence-corrected chi connectivity index (χ2v) is 6.61. The van der Waals surface area contributed by atoms with E-state index in [9.17, 15) is 4.79 Å². The number of nitrogens with one attached hydrogen (secondary N) is 1. The van der Waals surface area contributed by atoms with Gasteiger partial charge in [-0.2, -0.15) is 0 Å². The van der Waals surface area contributed by atoms with Crippen LogP contribution in [-0.2, 0) is 9.53 Å². The highest BCUT2D eigenvalue weighted by Gasteiger charge is 2.26. The number of ether oxygens (including phenoxy) is 1. The van der Waals surface area contributed by atoms with Crippen molar-refractivity contribution in [3.63, 3.8) is 0 Å². The molecule has 0 bridgehead atoms. The Morgan fingerprint density at radius 1 is 1.30 bits per heavy atom. The lowest BCUT2D eigenvalue weighted by atomic mass is 9.97. The van der Waals surface area contributed by atoms with E-state index in [2.05, 4.69) is 48.3 Å². The molecule has 1 aliphatic rings. The topological polar surface area (TPSA) is 41.6 Å². The van der Waals surface area contributed by atoms with Crippen molar-refractivity contribution in [1.29, 1.82) is 0 Å². The molecule has 1 aromatic rings. The van der Waals surface area contributed by atoms with E-state index in [1.807, 2.05) is 6.92 Å². The minimum absolute atomic E-state index is 0.0133. The standard InChI is InChI=1S/C18H26N2O2S/c1-4-22-17(21)15-9-11-20(12-10-15)18(23)19-16-7-5-14(6-8-16)13(2)3/h5-8,13,15H,4,9-12H2,1-3H3,(H,19,23). The van der Waals surface area contributed by atoms with E-state index in [-0.39, 0.29) is 11.9 Å². The summed E-state index contributed by atoms with van der Waals surface area (Å²) >= 11 is 5.49. The van der Waals surface area contributed by atoms with Gasteiger partial charge in [-0.15, -0.1) is 0 Å². The predicted octanol–water partition coefficient (Wildman–Crippen LogP) is 3.78. The quantitative estimate of drug-likeness (QED) is 0.670. The number of anilines is 1. The average molecular weight is 334 g/mol. The van der Waals surface area contributed by atoms with Gasteiger partial charge in [-0.1, -0.05) is 26.0 Å². The molecule has 4 nitrogen and oxygen atoms in total. The van der Waals surface area contributed by atoms with Crippen molar-refractivity contribution in [2.45, 2.75) is 39.5 Å². The van der Waals surface area contributed by atoms with Crippen LogP contribution in [0.5, 0.6) is 0 Å². The summed E-state index contributed by atoms with van der Waals surface area (Å²) in [5, 5.41) is 4.01. The molecule has 5 heteroatoms. The predicted molar refractivity (Wildman–Crippen MR) is 97.7 cm³/mol. The zero-order chi connectivity index (χ0) is 16.8. The smallest absolute Gasteiger partial charge is 0.309 e. The molecule has 23 heavy (non-hydrogen) atoms. The monoisotopic (exact) mass is 334 g/mol. The molecule has 1 aromatic carbocycles. The van der Waals surface area contributed by atoms with E-state index in [0.29, 0.717) is 12.5 Å². The minimum Gasteiger partial charge on any atom is -0.466 e. The molecular weight excluding hydrogens is 308 g/mol. The molecular formula is C18H26N2O2S. The highest BCUT2D eigenvalue weighted by molar-refractivity contribution is 7.80. The summed E-state index contributed by atoms with van der Waals surface area (Å²) in [6.45, 7) is 8.24. The van der Waals surface area contributed by atoms with Crippen LogP contribution in [0.15, 0.2) is 24.3 Å². The van der Waals surface area contributed by atoms with E-state index < -0.39 is 0 Å². The van der Waals surface area contributed by atoms with Crippen LogP contribution < -0.4 is 5.32 Å². The summed E-state index contributed by atoms with van der Waals surface area (Å²) in [5.41, 5.74) is 2.32. The molecule has 0 aromatic heterocycles. The van der Waals surface area contributed by atoms with Crippen LogP contribution >= 0.6 is 12.2 Å². The SMILES string of the molecule is CCOC(=O)C1CCN(C(=S)Nc2ccc(C(C)C)cc2)CC1. The van der Waals surface area contributed by atoms with Crippen molar-refractivity contribution < 1.29 is 9.53 Å². The second-order valence-electron chi connectivity index (χ2n) is 6.22. The van der Waals surface area contributed by atoms with Gasteiger partial charge in [0.2, 0.25) is 0 Å². The Morgan fingerprint density at radius 2 is 1.91 bits per heavy atom. The minimum atomic E-state index is -0.0738. The first-order valence-electron chi connectivity index (χ1n) is 8.33. The van der Waals surface area contributed by atoms with Crippen LogP contribution in [0.3, 0.4) is 0 Å². The Labute approximate surface area is 144 Å². The van der Waals surface area contributed by atoms with Gasteiger partial charge in [0.05, 0.1) is 12.5 Å². The van der Waals surface area contributed by atoms with Crippen LogP contribution in [0.2, 0.25) is 0 Å². The number of likely N-dealkylation sites (tertiary alicyclic amines) is 1. The number of thiocarbonyl (C=S) groups is 1. The van der Waals surface area contributed by atoms with E-state index in [0.717, 1.165) is 36.7 Å². The van der Waals surface area contributed by atoms with Crippen molar-refractivity contribution >= 4 is 29.0 Å². The maximum absolute atomic E-state index is 11.8. The van der Waals surface area contributed by atoms with E-state index >= 15 is 0 Å². The van der Waals surface area contributed by atoms with E-state index in [1.165, 1.54) is 5.56 Å². The summed E-state index contributed by atoms with van der Waals surface area (Å²) in [6, 6.07) is 8.38. The lowest BCUT2D eigenvalue weighted by Gasteiger charge is -2.32. The number of hydrogen-bond acceptors (Lipinski definition) is 3. The lowest BCUT2D eigenvalue weighted by molar-refractivity contribution is -0.149. The summed E-state index contributed by atoms with van der Waals surface area (Å²) in [4.78, 5) is 13.9. The highest BCUT2D eigenvalue weighted by atomic mass is 32.1. The first-order valence-corrected chi connectivity index (χ1v) is 8.74. The Morgan fingerprint density at radius 3 is 2.43 bits per heavy atom. The van der Waals surface area contributed by atoms with Crippen LogP contribution in [0.4, 0.5) is 5.69 Å². The number of nitrogens with zero attached hydrogens (tertiary/aromatic N) is 1. The van der Waals surface area contributed by atoms with Gasteiger partial charge in [0, 0.05) is 18.8 Å². The number of carbonyl (C=O) groups is 1. The molecule has 0 aliphatic carbocycles. The van der Waals surface area contributed by atoms with E-state index in [4.69, 9.17) is 17.0 Å². The van der Waals surface area contributed by atoms with Gasteiger partial charge >= 0.3 is 5.97 Å². The van der Waals surface area contributed by atoms with Gasteiger partial charge in [-0.05, 0) is 55.6 Å². The molecule has 1 saturated heterocycles.